The molecule has 0 amide bonds. The zero-order chi connectivity index (χ0) is 12.5. The molecule has 0 saturated carbocycles. The molecule has 2 heterocycles. The van der Waals surface area contributed by atoms with Gasteiger partial charge in [0.2, 0.25) is 0 Å². The normalized spacial score (nSPS) is 10.7. The van der Waals surface area contributed by atoms with E-state index in [0.29, 0.717) is 5.82 Å². The van der Waals surface area contributed by atoms with Crippen LogP contribution in [0.1, 0.15) is 0 Å². The topological polar surface area (TPSA) is 59.7 Å². The lowest BCUT2D eigenvalue weighted by molar-refractivity contribution is 0.414. The zero-order valence-corrected chi connectivity index (χ0v) is 9.74. The molecule has 0 aliphatic rings. The molecular weight excluding hydrogens is 230 g/mol. The van der Waals surface area contributed by atoms with E-state index < -0.39 is 0 Å². The van der Waals surface area contributed by atoms with E-state index in [1.165, 1.54) is 0 Å². The summed E-state index contributed by atoms with van der Waals surface area (Å²) >= 11 is 0. The molecule has 0 fully saturated rings. The first-order valence-electron chi connectivity index (χ1n) is 5.46. The highest BCUT2D eigenvalue weighted by atomic mass is 16.5. The lowest BCUT2D eigenvalue weighted by atomic mass is 10.2. The summed E-state index contributed by atoms with van der Waals surface area (Å²) in [6, 6.07) is 10.4. The average Bonchev–Trinajstić information content (AvgIpc) is 2.82. The van der Waals surface area contributed by atoms with Crippen molar-refractivity contribution in [2.24, 2.45) is 0 Å². The molecule has 0 unspecified atom stereocenters. The van der Waals surface area contributed by atoms with Gasteiger partial charge in [0, 0.05) is 17.8 Å². The summed E-state index contributed by atoms with van der Waals surface area (Å²) in [6.07, 6.45) is 1.80. The summed E-state index contributed by atoms with van der Waals surface area (Å²) in [5.74, 6) is 1.58. The number of ether oxygens (including phenoxy) is 1. The largest absolute Gasteiger partial charge is 0.508 e. The minimum Gasteiger partial charge on any atom is -0.508 e. The number of rotatable bonds is 2. The maximum Gasteiger partial charge on any atom is 0.182 e. The molecule has 5 heteroatoms. The fourth-order valence-corrected chi connectivity index (χ4v) is 1.72. The third-order valence-electron chi connectivity index (χ3n) is 2.67. The van der Waals surface area contributed by atoms with Gasteiger partial charge in [0.15, 0.2) is 11.5 Å². The van der Waals surface area contributed by atoms with E-state index >= 15 is 0 Å². The first kappa shape index (κ1) is 10.6. The number of methoxy groups -OCH3 is 1. The molecule has 2 aromatic heterocycles. The lowest BCUT2D eigenvalue weighted by Crippen LogP contribution is -1.88. The van der Waals surface area contributed by atoms with Crippen LogP contribution in [0.3, 0.4) is 0 Å². The summed E-state index contributed by atoms with van der Waals surface area (Å²) in [4.78, 5) is 4.41. The molecule has 0 radical (unpaired) electrons. The minimum atomic E-state index is 0.226. The van der Waals surface area contributed by atoms with Crippen molar-refractivity contribution >= 4 is 5.65 Å². The summed E-state index contributed by atoms with van der Waals surface area (Å²) < 4.78 is 6.82. The molecule has 0 bridgehead atoms. The molecule has 3 rings (SSSR count). The van der Waals surface area contributed by atoms with Gasteiger partial charge in [0.1, 0.15) is 11.5 Å². The molecule has 1 aromatic carbocycles. The van der Waals surface area contributed by atoms with E-state index in [0.717, 1.165) is 17.0 Å². The van der Waals surface area contributed by atoms with Gasteiger partial charge >= 0.3 is 0 Å². The number of phenols is 1. The predicted octanol–water partition coefficient (Wildman–Crippen LogP) is 2.11. The van der Waals surface area contributed by atoms with E-state index in [-0.39, 0.29) is 5.75 Å². The van der Waals surface area contributed by atoms with E-state index in [1.54, 1.807) is 42.1 Å². The third-order valence-corrected chi connectivity index (χ3v) is 2.67. The van der Waals surface area contributed by atoms with Crippen LogP contribution in [0, 0.1) is 0 Å². The molecule has 0 atom stereocenters. The third kappa shape index (κ3) is 1.75. The zero-order valence-electron chi connectivity index (χ0n) is 9.74. The van der Waals surface area contributed by atoms with Crippen LogP contribution >= 0.6 is 0 Å². The van der Waals surface area contributed by atoms with Gasteiger partial charge in [0.25, 0.3) is 0 Å². The van der Waals surface area contributed by atoms with E-state index in [9.17, 15) is 5.11 Å². The SMILES string of the molecule is COc1ccn2nc(-c3ccc(O)cc3)nc2c1. The highest BCUT2D eigenvalue weighted by molar-refractivity contribution is 5.59. The van der Waals surface area contributed by atoms with Gasteiger partial charge in [-0.3, -0.25) is 0 Å². The number of pyridine rings is 1. The van der Waals surface area contributed by atoms with Gasteiger partial charge < -0.3 is 9.84 Å². The fourth-order valence-electron chi connectivity index (χ4n) is 1.72. The Kier molecular flexibility index (Phi) is 2.37. The fraction of sp³-hybridized carbons (Fsp3) is 0.0769. The van der Waals surface area contributed by atoms with Gasteiger partial charge in [-0.15, -0.1) is 5.10 Å². The quantitative estimate of drug-likeness (QED) is 0.746. The Morgan fingerprint density at radius 3 is 2.67 bits per heavy atom. The van der Waals surface area contributed by atoms with E-state index in [4.69, 9.17) is 4.74 Å². The Hall–Kier alpha value is -2.56. The molecule has 0 saturated heterocycles. The molecule has 18 heavy (non-hydrogen) atoms. The van der Waals surface area contributed by atoms with Gasteiger partial charge in [-0.25, -0.2) is 9.50 Å². The Bertz CT molecular complexity index is 689. The monoisotopic (exact) mass is 241 g/mol. The van der Waals surface area contributed by atoms with Crippen LogP contribution in [0.2, 0.25) is 0 Å². The summed E-state index contributed by atoms with van der Waals surface area (Å²) in [6.45, 7) is 0. The first-order valence-corrected chi connectivity index (χ1v) is 5.46. The van der Waals surface area contributed by atoms with Crippen molar-refractivity contribution in [2.45, 2.75) is 0 Å². The Morgan fingerprint density at radius 2 is 1.94 bits per heavy atom. The number of fused-ring (bicyclic) bond motifs is 1. The molecule has 0 aliphatic heterocycles. The summed E-state index contributed by atoms with van der Waals surface area (Å²) in [5, 5.41) is 13.6. The van der Waals surface area contributed by atoms with Crippen molar-refractivity contribution in [3.05, 3.63) is 42.6 Å². The molecule has 1 N–H and O–H groups in total. The van der Waals surface area contributed by atoms with Crippen LogP contribution in [0.25, 0.3) is 17.0 Å². The van der Waals surface area contributed by atoms with Crippen LogP contribution in [0.4, 0.5) is 0 Å². The van der Waals surface area contributed by atoms with Crippen molar-refractivity contribution in [3.8, 4) is 22.9 Å². The Balaban J connectivity index is 2.10. The maximum atomic E-state index is 9.25. The lowest BCUT2D eigenvalue weighted by Gasteiger charge is -1.97. The summed E-state index contributed by atoms with van der Waals surface area (Å²) in [7, 11) is 1.61. The van der Waals surface area contributed by atoms with Gasteiger partial charge in [-0.05, 0) is 30.3 Å². The van der Waals surface area contributed by atoms with Gasteiger partial charge in [-0.1, -0.05) is 0 Å². The second kappa shape index (κ2) is 4.03. The smallest absolute Gasteiger partial charge is 0.182 e. The number of nitrogens with zero attached hydrogens (tertiary/aromatic N) is 3. The summed E-state index contributed by atoms with van der Waals surface area (Å²) in [5.41, 5.74) is 1.58. The molecular formula is C13H11N3O2. The van der Waals surface area contributed by atoms with E-state index in [2.05, 4.69) is 10.1 Å². The van der Waals surface area contributed by atoms with Crippen LogP contribution in [0.15, 0.2) is 42.6 Å². The highest BCUT2D eigenvalue weighted by Crippen LogP contribution is 2.20. The van der Waals surface area contributed by atoms with Crippen molar-refractivity contribution in [1.29, 1.82) is 0 Å². The minimum absolute atomic E-state index is 0.226. The van der Waals surface area contributed by atoms with E-state index in [1.807, 2.05) is 12.1 Å². The number of phenolic OH excluding ortho intramolecular Hbond substituents is 1. The molecule has 90 valence electrons. The number of hydrogen-bond acceptors (Lipinski definition) is 4. The van der Waals surface area contributed by atoms with Crippen LogP contribution in [-0.2, 0) is 0 Å². The Labute approximate surface area is 103 Å². The number of aromatic nitrogens is 3. The number of benzene rings is 1. The highest BCUT2D eigenvalue weighted by Gasteiger charge is 2.06. The van der Waals surface area contributed by atoms with Crippen LogP contribution < -0.4 is 4.74 Å². The van der Waals surface area contributed by atoms with Gasteiger partial charge in [-0.2, -0.15) is 0 Å². The molecule has 3 aromatic rings. The maximum absolute atomic E-state index is 9.25. The second-order valence-electron chi connectivity index (χ2n) is 3.85. The van der Waals surface area contributed by atoms with Crippen LogP contribution in [-0.4, -0.2) is 26.8 Å². The van der Waals surface area contributed by atoms with Crippen molar-refractivity contribution < 1.29 is 9.84 Å². The predicted molar refractivity (Wildman–Crippen MR) is 66.6 cm³/mol. The van der Waals surface area contributed by atoms with Crippen molar-refractivity contribution in [2.75, 3.05) is 7.11 Å². The van der Waals surface area contributed by atoms with Crippen molar-refractivity contribution in [3.63, 3.8) is 0 Å². The molecule has 0 aliphatic carbocycles. The number of hydrogen-bond donors (Lipinski definition) is 1. The first-order chi connectivity index (χ1) is 8.76. The Morgan fingerprint density at radius 1 is 1.17 bits per heavy atom. The van der Waals surface area contributed by atoms with Gasteiger partial charge in [0.05, 0.1) is 7.11 Å². The molecule has 5 nitrogen and oxygen atoms in total. The number of aromatic hydroxyl groups is 1. The second-order valence-corrected chi connectivity index (χ2v) is 3.85. The van der Waals surface area contributed by atoms with Crippen LogP contribution in [0.5, 0.6) is 11.5 Å². The van der Waals surface area contributed by atoms with Crippen molar-refractivity contribution in [1.82, 2.24) is 14.6 Å². The molecule has 0 spiro atoms. The standard InChI is InChI=1S/C13H11N3O2/c1-18-11-6-7-16-12(8-11)14-13(15-16)9-2-4-10(17)5-3-9/h2-8,17H,1H3. The average molecular weight is 241 g/mol.